The van der Waals surface area contributed by atoms with Crippen molar-refractivity contribution in [2.45, 2.75) is 13.8 Å². The predicted molar refractivity (Wildman–Crippen MR) is 71.6 cm³/mol. The number of fused-ring (bicyclic) bond motifs is 2. The SMILES string of the molecule is Cc1cc2cc3c(=O)[nH]c(=O)[nH]c3nc2c(O)c1C. The first-order valence-corrected chi connectivity index (χ1v) is 5.73. The summed E-state index contributed by atoms with van der Waals surface area (Å²) in [5.74, 6) is 0.0676. The highest BCUT2D eigenvalue weighted by Gasteiger charge is 2.11. The molecular formula is C13H11N3O3. The van der Waals surface area contributed by atoms with Crippen LogP contribution in [-0.4, -0.2) is 20.1 Å². The Kier molecular flexibility index (Phi) is 2.22. The van der Waals surface area contributed by atoms with E-state index in [1.54, 1.807) is 13.0 Å². The van der Waals surface area contributed by atoms with Crippen LogP contribution in [0, 0.1) is 13.8 Å². The van der Waals surface area contributed by atoms with Gasteiger partial charge in [-0.2, -0.15) is 0 Å². The molecule has 0 bridgehead atoms. The zero-order valence-electron chi connectivity index (χ0n) is 10.4. The molecule has 0 spiro atoms. The second-order valence-corrected chi connectivity index (χ2v) is 4.53. The van der Waals surface area contributed by atoms with Crippen LogP contribution in [0.25, 0.3) is 21.9 Å². The molecule has 3 N–H and O–H groups in total. The summed E-state index contributed by atoms with van der Waals surface area (Å²) < 4.78 is 0. The number of hydrogen-bond acceptors (Lipinski definition) is 4. The molecule has 2 aromatic heterocycles. The van der Waals surface area contributed by atoms with Gasteiger partial charge in [0.1, 0.15) is 16.9 Å². The van der Waals surface area contributed by atoms with Crippen molar-refractivity contribution < 1.29 is 5.11 Å². The fraction of sp³-hybridized carbons (Fsp3) is 0.154. The van der Waals surface area contributed by atoms with Crippen LogP contribution in [0.3, 0.4) is 0 Å². The van der Waals surface area contributed by atoms with Gasteiger partial charge in [0.05, 0.1) is 5.39 Å². The fourth-order valence-electron chi connectivity index (χ4n) is 2.11. The number of rotatable bonds is 0. The average molecular weight is 257 g/mol. The summed E-state index contributed by atoms with van der Waals surface area (Å²) in [5.41, 5.74) is 1.06. The van der Waals surface area contributed by atoms with Gasteiger partial charge in [-0.25, -0.2) is 9.78 Å². The highest BCUT2D eigenvalue weighted by atomic mass is 16.3. The Morgan fingerprint density at radius 2 is 1.89 bits per heavy atom. The van der Waals surface area contributed by atoms with E-state index < -0.39 is 11.2 Å². The molecule has 0 radical (unpaired) electrons. The Labute approximate surface area is 106 Å². The van der Waals surface area contributed by atoms with Gasteiger partial charge < -0.3 is 5.11 Å². The molecule has 0 aliphatic rings. The van der Waals surface area contributed by atoms with E-state index in [-0.39, 0.29) is 16.8 Å². The normalized spacial score (nSPS) is 11.3. The van der Waals surface area contributed by atoms with Crippen molar-refractivity contribution in [2.75, 3.05) is 0 Å². The number of aromatic amines is 2. The molecule has 6 nitrogen and oxygen atoms in total. The third-order valence-electron chi connectivity index (χ3n) is 3.30. The Morgan fingerprint density at radius 3 is 2.63 bits per heavy atom. The molecule has 3 aromatic rings. The van der Waals surface area contributed by atoms with Gasteiger partial charge >= 0.3 is 5.69 Å². The maximum absolute atomic E-state index is 11.7. The Bertz CT molecular complexity index is 938. The van der Waals surface area contributed by atoms with E-state index in [1.165, 1.54) is 0 Å². The van der Waals surface area contributed by atoms with E-state index in [1.807, 2.05) is 13.0 Å². The van der Waals surface area contributed by atoms with Crippen LogP contribution < -0.4 is 11.2 Å². The van der Waals surface area contributed by atoms with Gasteiger partial charge in [0.25, 0.3) is 5.56 Å². The number of phenols is 1. The summed E-state index contributed by atoms with van der Waals surface area (Å²) in [6, 6.07) is 3.46. The second-order valence-electron chi connectivity index (χ2n) is 4.53. The second kappa shape index (κ2) is 3.68. The zero-order valence-corrected chi connectivity index (χ0v) is 10.4. The van der Waals surface area contributed by atoms with Crippen LogP contribution in [0.15, 0.2) is 21.7 Å². The van der Waals surface area contributed by atoms with Crippen molar-refractivity contribution >= 4 is 21.9 Å². The summed E-state index contributed by atoms with van der Waals surface area (Å²) in [6.45, 7) is 3.66. The minimum absolute atomic E-state index is 0.0676. The summed E-state index contributed by atoms with van der Waals surface area (Å²) in [7, 11) is 0. The smallest absolute Gasteiger partial charge is 0.327 e. The molecule has 19 heavy (non-hydrogen) atoms. The molecule has 0 amide bonds. The number of pyridine rings is 1. The zero-order chi connectivity index (χ0) is 13.7. The summed E-state index contributed by atoms with van der Waals surface area (Å²) >= 11 is 0. The van der Waals surface area contributed by atoms with E-state index in [2.05, 4.69) is 15.0 Å². The number of nitrogens with one attached hydrogen (secondary N) is 2. The first-order chi connectivity index (χ1) is 8.97. The Balaban J connectivity index is 2.60. The van der Waals surface area contributed by atoms with Crippen LogP contribution in [-0.2, 0) is 0 Å². The van der Waals surface area contributed by atoms with Gasteiger partial charge in [0.2, 0.25) is 0 Å². The van der Waals surface area contributed by atoms with Crippen molar-refractivity contribution in [2.24, 2.45) is 0 Å². The Hall–Kier alpha value is -2.63. The molecule has 0 fully saturated rings. The van der Waals surface area contributed by atoms with Gasteiger partial charge in [-0.3, -0.25) is 14.8 Å². The first-order valence-electron chi connectivity index (χ1n) is 5.73. The molecule has 0 atom stereocenters. The molecule has 2 heterocycles. The lowest BCUT2D eigenvalue weighted by Gasteiger charge is -2.08. The molecule has 1 aromatic carbocycles. The number of benzene rings is 1. The number of nitrogens with zero attached hydrogens (tertiary/aromatic N) is 1. The number of aromatic nitrogens is 3. The minimum Gasteiger partial charge on any atom is -0.505 e. The van der Waals surface area contributed by atoms with E-state index in [0.29, 0.717) is 10.9 Å². The van der Waals surface area contributed by atoms with E-state index >= 15 is 0 Å². The molecule has 0 aliphatic carbocycles. The largest absolute Gasteiger partial charge is 0.505 e. The van der Waals surface area contributed by atoms with Crippen molar-refractivity contribution in [3.63, 3.8) is 0 Å². The lowest BCUT2D eigenvalue weighted by atomic mass is 10.0. The van der Waals surface area contributed by atoms with Crippen LogP contribution in [0.4, 0.5) is 0 Å². The van der Waals surface area contributed by atoms with E-state index in [4.69, 9.17) is 0 Å². The van der Waals surface area contributed by atoms with Crippen LogP contribution in [0.1, 0.15) is 11.1 Å². The van der Waals surface area contributed by atoms with Crippen LogP contribution >= 0.6 is 0 Å². The number of H-pyrrole nitrogens is 2. The van der Waals surface area contributed by atoms with Crippen molar-refractivity contribution in [3.05, 3.63) is 44.1 Å². The lowest BCUT2D eigenvalue weighted by Crippen LogP contribution is -2.22. The monoisotopic (exact) mass is 257 g/mol. The standard InChI is InChI=1S/C13H11N3O3/c1-5-3-7-4-8-11(15-13(19)16-12(8)18)14-9(7)10(17)6(5)2/h3-4,17H,1-2H3,(H2,14,15,16,18,19). The van der Waals surface area contributed by atoms with Gasteiger partial charge in [-0.05, 0) is 37.1 Å². The summed E-state index contributed by atoms with van der Waals surface area (Å²) in [4.78, 5) is 31.7. The van der Waals surface area contributed by atoms with Gasteiger partial charge in [0.15, 0.2) is 0 Å². The third-order valence-corrected chi connectivity index (χ3v) is 3.30. The van der Waals surface area contributed by atoms with Gasteiger partial charge in [-0.15, -0.1) is 0 Å². The number of phenolic OH excluding ortho intramolecular Hbond substituents is 1. The van der Waals surface area contributed by atoms with Crippen LogP contribution in [0.5, 0.6) is 5.75 Å². The average Bonchev–Trinajstić information content (AvgIpc) is 2.35. The van der Waals surface area contributed by atoms with Crippen LogP contribution in [0.2, 0.25) is 0 Å². The fourth-order valence-corrected chi connectivity index (χ4v) is 2.11. The maximum atomic E-state index is 11.7. The molecule has 0 saturated carbocycles. The number of aromatic hydroxyl groups is 1. The van der Waals surface area contributed by atoms with Gasteiger partial charge in [-0.1, -0.05) is 0 Å². The lowest BCUT2D eigenvalue weighted by molar-refractivity contribution is 0.476. The maximum Gasteiger partial charge on any atom is 0.327 e. The molecule has 6 heteroatoms. The molecule has 0 unspecified atom stereocenters. The van der Waals surface area contributed by atoms with E-state index in [9.17, 15) is 14.7 Å². The number of aryl methyl sites for hydroxylation is 1. The predicted octanol–water partition coefficient (Wildman–Crippen LogP) is 1.09. The molecule has 96 valence electrons. The quantitative estimate of drug-likeness (QED) is 0.525. The first kappa shape index (κ1) is 11.5. The topological polar surface area (TPSA) is 98.8 Å². The van der Waals surface area contributed by atoms with Crippen molar-refractivity contribution in [1.82, 2.24) is 15.0 Å². The van der Waals surface area contributed by atoms with Gasteiger partial charge in [0, 0.05) is 5.39 Å². The molecule has 3 rings (SSSR count). The summed E-state index contributed by atoms with van der Waals surface area (Å²) in [5, 5.41) is 11.0. The molecule has 0 saturated heterocycles. The highest BCUT2D eigenvalue weighted by Crippen LogP contribution is 2.30. The minimum atomic E-state index is -0.618. The third kappa shape index (κ3) is 1.61. The van der Waals surface area contributed by atoms with Crippen molar-refractivity contribution in [1.29, 1.82) is 0 Å². The number of hydrogen-bond donors (Lipinski definition) is 3. The van der Waals surface area contributed by atoms with Crippen molar-refractivity contribution in [3.8, 4) is 5.75 Å². The molecule has 0 aliphatic heterocycles. The highest BCUT2D eigenvalue weighted by molar-refractivity contribution is 5.94. The molecular weight excluding hydrogens is 246 g/mol. The van der Waals surface area contributed by atoms with E-state index in [0.717, 1.165) is 11.1 Å². The Morgan fingerprint density at radius 1 is 1.16 bits per heavy atom. The summed E-state index contributed by atoms with van der Waals surface area (Å²) in [6.07, 6.45) is 0.